The van der Waals surface area contributed by atoms with Crippen LogP contribution in [0.15, 0.2) is 18.2 Å². The van der Waals surface area contributed by atoms with E-state index in [2.05, 4.69) is 6.92 Å². The molecule has 0 aromatic heterocycles. The Morgan fingerprint density at radius 3 is 2.44 bits per heavy atom. The molecule has 1 atom stereocenters. The number of carbonyl (C=O) groups excluding carboxylic acids is 3. The fraction of sp³-hybridized carbons (Fsp3) is 0.654. The first-order valence-electron chi connectivity index (χ1n) is 12.4. The van der Waals surface area contributed by atoms with Crippen LogP contribution in [0.4, 0.5) is 0 Å². The van der Waals surface area contributed by atoms with Crippen molar-refractivity contribution in [1.82, 2.24) is 14.7 Å². The Labute approximate surface area is 203 Å². The molecular formula is C26H39N3O5. The summed E-state index contributed by atoms with van der Waals surface area (Å²) in [6.07, 6.45) is 4.43. The molecule has 8 nitrogen and oxygen atoms in total. The van der Waals surface area contributed by atoms with Gasteiger partial charge in [-0.15, -0.1) is 0 Å². The third kappa shape index (κ3) is 6.21. The summed E-state index contributed by atoms with van der Waals surface area (Å²) in [6, 6.07) is 5.75. The number of unbranched alkanes of at least 4 members (excludes halogenated alkanes) is 1. The van der Waals surface area contributed by atoms with Crippen molar-refractivity contribution in [1.29, 1.82) is 0 Å². The van der Waals surface area contributed by atoms with Gasteiger partial charge in [0.2, 0.25) is 17.7 Å². The van der Waals surface area contributed by atoms with Crippen molar-refractivity contribution in [2.45, 2.75) is 45.4 Å². The highest BCUT2D eigenvalue weighted by Gasteiger charge is 2.38. The predicted molar refractivity (Wildman–Crippen MR) is 130 cm³/mol. The van der Waals surface area contributed by atoms with E-state index in [1.54, 1.807) is 19.1 Å². The summed E-state index contributed by atoms with van der Waals surface area (Å²) < 4.78 is 10.6. The van der Waals surface area contributed by atoms with Crippen molar-refractivity contribution >= 4 is 17.7 Å². The summed E-state index contributed by atoms with van der Waals surface area (Å²) in [5.41, 5.74) is 1.05. The largest absolute Gasteiger partial charge is 0.493 e. The second kappa shape index (κ2) is 12.1. The number of methoxy groups -OCH3 is 2. The fourth-order valence-corrected chi connectivity index (χ4v) is 4.88. The summed E-state index contributed by atoms with van der Waals surface area (Å²) in [6.45, 7) is 5.12. The molecule has 2 aliphatic heterocycles. The van der Waals surface area contributed by atoms with Crippen molar-refractivity contribution in [3.63, 3.8) is 0 Å². The lowest BCUT2D eigenvalue weighted by Crippen LogP contribution is -2.46. The Balaban J connectivity index is 1.47. The molecule has 0 aliphatic carbocycles. The molecular weight excluding hydrogens is 434 g/mol. The maximum Gasteiger partial charge on any atom is 0.227 e. The van der Waals surface area contributed by atoms with E-state index in [-0.39, 0.29) is 36.0 Å². The van der Waals surface area contributed by atoms with Gasteiger partial charge in [-0.25, -0.2) is 0 Å². The van der Waals surface area contributed by atoms with Gasteiger partial charge in [-0.05, 0) is 43.4 Å². The Morgan fingerprint density at radius 2 is 1.79 bits per heavy atom. The van der Waals surface area contributed by atoms with Crippen LogP contribution in [0.1, 0.15) is 44.6 Å². The van der Waals surface area contributed by atoms with Gasteiger partial charge in [-0.1, -0.05) is 19.4 Å². The first-order chi connectivity index (χ1) is 16.4. The van der Waals surface area contributed by atoms with Crippen LogP contribution in [-0.4, -0.2) is 86.4 Å². The highest BCUT2D eigenvalue weighted by molar-refractivity contribution is 5.89. The number of rotatable bonds is 10. The quantitative estimate of drug-likeness (QED) is 0.522. The maximum absolute atomic E-state index is 13.1. The molecule has 1 aromatic carbocycles. The molecule has 0 N–H and O–H groups in total. The van der Waals surface area contributed by atoms with Gasteiger partial charge in [0.05, 0.1) is 20.1 Å². The molecule has 8 heteroatoms. The molecule has 0 saturated carbocycles. The molecule has 2 heterocycles. The van der Waals surface area contributed by atoms with Crippen molar-refractivity contribution in [2.24, 2.45) is 11.8 Å². The summed E-state index contributed by atoms with van der Waals surface area (Å²) in [7, 11) is 5.07. The number of likely N-dealkylation sites (tertiary alicyclic amines) is 2. The molecule has 34 heavy (non-hydrogen) atoms. The molecule has 3 rings (SSSR count). The molecule has 2 saturated heterocycles. The molecule has 3 amide bonds. The van der Waals surface area contributed by atoms with Gasteiger partial charge in [0.25, 0.3) is 0 Å². The number of hydrogen-bond donors (Lipinski definition) is 0. The number of nitrogens with zero attached hydrogens (tertiary/aromatic N) is 3. The fourth-order valence-electron chi connectivity index (χ4n) is 4.88. The zero-order chi connectivity index (χ0) is 24.7. The molecule has 0 radical (unpaired) electrons. The lowest BCUT2D eigenvalue weighted by Gasteiger charge is -2.34. The van der Waals surface area contributed by atoms with Gasteiger partial charge in [-0.2, -0.15) is 0 Å². The van der Waals surface area contributed by atoms with E-state index in [0.29, 0.717) is 56.9 Å². The maximum atomic E-state index is 13.1. The van der Waals surface area contributed by atoms with Gasteiger partial charge in [0.15, 0.2) is 11.5 Å². The highest BCUT2D eigenvalue weighted by atomic mass is 16.5. The average molecular weight is 474 g/mol. The Kier molecular flexibility index (Phi) is 9.19. The standard InChI is InChI=1S/C26H39N3O5/c1-5-6-12-27(2)25(31)20-10-14-28(15-11-20)26(32)21-17-24(30)29(18-21)13-9-19-7-8-22(33-3)23(16-19)34-4/h7-8,16,20-21H,5-6,9-15,17-18H2,1-4H3. The normalized spacial score (nSPS) is 18.8. The van der Waals surface area contributed by atoms with E-state index >= 15 is 0 Å². The zero-order valence-corrected chi connectivity index (χ0v) is 21.0. The lowest BCUT2D eigenvalue weighted by molar-refractivity contribution is -0.141. The van der Waals surface area contributed by atoms with Crippen molar-refractivity contribution in [3.8, 4) is 11.5 Å². The smallest absolute Gasteiger partial charge is 0.227 e. The van der Waals surface area contributed by atoms with Crippen molar-refractivity contribution < 1.29 is 23.9 Å². The van der Waals surface area contributed by atoms with E-state index in [1.807, 2.05) is 35.0 Å². The van der Waals surface area contributed by atoms with E-state index in [0.717, 1.165) is 24.9 Å². The second-order valence-corrected chi connectivity index (χ2v) is 9.39. The van der Waals surface area contributed by atoms with E-state index in [1.165, 1.54) is 0 Å². The number of amides is 3. The first-order valence-corrected chi connectivity index (χ1v) is 12.4. The molecule has 188 valence electrons. The van der Waals surface area contributed by atoms with E-state index in [9.17, 15) is 14.4 Å². The molecule has 2 fully saturated rings. The third-order valence-corrected chi connectivity index (χ3v) is 7.06. The van der Waals surface area contributed by atoms with Gasteiger partial charge >= 0.3 is 0 Å². The predicted octanol–water partition coefficient (Wildman–Crippen LogP) is 2.59. The number of ether oxygens (including phenoxy) is 2. The minimum absolute atomic E-state index is 0.00546. The molecule has 0 spiro atoms. The van der Waals surface area contributed by atoms with Gasteiger partial charge < -0.3 is 24.2 Å². The van der Waals surface area contributed by atoms with Gasteiger partial charge in [0.1, 0.15) is 0 Å². The van der Waals surface area contributed by atoms with Crippen LogP contribution in [0.5, 0.6) is 11.5 Å². The van der Waals surface area contributed by atoms with Crippen LogP contribution >= 0.6 is 0 Å². The molecule has 1 aromatic rings. The first kappa shape index (κ1) is 25.8. The van der Waals surface area contributed by atoms with Crippen LogP contribution < -0.4 is 9.47 Å². The monoisotopic (exact) mass is 473 g/mol. The van der Waals surface area contributed by atoms with Crippen LogP contribution in [0, 0.1) is 11.8 Å². The summed E-state index contributed by atoms with van der Waals surface area (Å²) in [5, 5.41) is 0. The lowest BCUT2D eigenvalue weighted by atomic mass is 9.94. The van der Waals surface area contributed by atoms with Crippen molar-refractivity contribution in [3.05, 3.63) is 23.8 Å². The average Bonchev–Trinajstić information content (AvgIpc) is 3.25. The minimum Gasteiger partial charge on any atom is -0.493 e. The Hall–Kier alpha value is -2.77. The SMILES string of the molecule is CCCCN(C)C(=O)C1CCN(C(=O)C2CC(=O)N(CCc3ccc(OC)c(OC)c3)C2)CC1. The van der Waals surface area contributed by atoms with Crippen LogP contribution in [0.3, 0.4) is 0 Å². The number of hydrogen-bond acceptors (Lipinski definition) is 5. The second-order valence-electron chi connectivity index (χ2n) is 9.39. The van der Waals surface area contributed by atoms with Crippen LogP contribution in [-0.2, 0) is 20.8 Å². The van der Waals surface area contributed by atoms with Crippen molar-refractivity contribution in [2.75, 3.05) is 54.0 Å². The summed E-state index contributed by atoms with van der Waals surface area (Å²) >= 11 is 0. The number of carbonyl (C=O) groups is 3. The van der Waals surface area contributed by atoms with E-state index in [4.69, 9.17) is 9.47 Å². The van der Waals surface area contributed by atoms with E-state index < -0.39 is 0 Å². The molecule has 0 bridgehead atoms. The zero-order valence-electron chi connectivity index (χ0n) is 21.0. The summed E-state index contributed by atoms with van der Waals surface area (Å²) in [5.74, 6) is 1.31. The topological polar surface area (TPSA) is 79.4 Å². The Bertz CT molecular complexity index is 866. The van der Waals surface area contributed by atoms with Crippen LogP contribution in [0.2, 0.25) is 0 Å². The molecule has 2 aliphatic rings. The third-order valence-electron chi connectivity index (χ3n) is 7.06. The van der Waals surface area contributed by atoms with Crippen LogP contribution in [0.25, 0.3) is 0 Å². The number of piperidine rings is 1. The van der Waals surface area contributed by atoms with Gasteiger partial charge in [-0.3, -0.25) is 14.4 Å². The Morgan fingerprint density at radius 1 is 1.09 bits per heavy atom. The summed E-state index contributed by atoms with van der Waals surface area (Å²) in [4.78, 5) is 43.8. The molecule has 1 unspecified atom stereocenters. The minimum atomic E-state index is -0.294. The highest BCUT2D eigenvalue weighted by Crippen LogP contribution is 2.29. The number of benzene rings is 1. The van der Waals surface area contributed by atoms with Gasteiger partial charge in [0, 0.05) is 52.1 Å².